The van der Waals surface area contributed by atoms with Crippen LogP contribution in [-0.4, -0.2) is 21.7 Å². The molecule has 98 valence electrons. The van der Waals surface area contributed by atoms with Gasteiger partial charge in [-0.05, 0) is 30.7 Å². The van der Waals surface area contributed by atoms with Gasteiger partial charge in [0.2, 0.25) is 0 Å². The molecule has 1 aliphatic rings. The smallest absolute Gasteiger partial charge is 0.266 e. The molecule has 0 aliphatic carbocycles. The van der Waals surface area contributed by atoms with Crippen molar-refractivity contribution >= 4 is 56.2 Å². The predicted molar refractivity (Wildman–Crippen MR) is 88.8 cm³/mol. The Bertz CT molecular complexity index is 563. The molecule has 19 heavy (non-hydrogen) atoms. The number of thioether (sulfide) groups is 1. The highest BCUT2D eigenvalue weighted by Crippen LogP contribution is 2.30. The van der Waals surface area contributed by atoms with Gasteiger partial charge < -0.3 is 0 Å². The molecule has 5 heteroatoms. The first kappa shape index (κ1) is 14.5. The Morgan fingerprint density at radius 2 is 2.05 bits per heavy atom. The lowest BCUT2D eigenvalue weighted by Gasteiger charge is -2.09. The third-order valence-electron chi connectivity index (χ3n) is 2.60. The molecule has 1 fully saturated rings. The number of amides is 1. The summed E-state index contributed by atoms with van der Waals surface area (Å²) in [4.78, 5) is 14.2. The van der Waals surface area contributed by atoms with Crippen molar-refractivity contribution in [2.75, 3.05) is 6.54 Å². The average Bonchev–Trinajstić information content (AvgIpc) is 2.66. The van der Waals surface area contributed by atoms with E-state index in [2.05, 4.69) is 15.9 Å². The molecule has 0 N–H and O–H groups in total. The van der Waals surface area contributed by atoms with E-state index < -0.39 is 0 Å². The van der Waals surface area contributed by atoms with E-state index in [-0.39, 0.29) is 5.91 Å². The molecule has 0 saturated carbocycles. The first-order valence-electron chi connectivity index (χ1n) is 5.79. The third kappa shape index (κ3) is 3.55. The standard InChI is InChI=1S/C14H12BrNOS2/c1-2-16-13(17)12(19-14(16)18)5-3-4-10-6-8-11(15)9-7-10/h3-9H,2H2,1H3/b4-3+,12-5-. The number of likely N-dealkylation sites (N-methyl/N-ethyl adjacent to an activating group) is 1. The maximum atomic E-state index is 11.9. The first-order valence-corrected chi connectivity index (χ1v) is 7.81. The molecule has 2 nitrogen and oxygen atoms in total. The minimum absolute atomic E-state index is 0.00189. The second-order valence-electron chi connectivity index (χ2n) is 3.86. The maximum absolute atomic E-state index is 11.9. The van der Waals surface area contributed by atoms with Crippen LogP contribution in [0.5, 0.6) is 0 Å². The van der Waals surface area contributed by atoms with Crippen LogP contribution in [0.3, 0.4) is 0 Å². The normalized spacial score (nSPS) is 18.0. The van der Waals surface area contributed by atoms with Crippen molar-refractivity contribution in [3.8, 4) is 0 Å². The van der Waals surface area contributed by atoms with Gasteiger partial charge in [0.05, 0.1) is 4.91 Å². The predicted octanol–water partition coefficient (Wildman–Crippen LogP) is 4.23. The van der Waals surface area contributed by atoms with Crippen LogP contribution in [-0.2, 0) is 4.79 Å². The van der Waals surface area contributed by atoms with Gasteiger partial charge in [-0.3, -0.25) is 9.69 Å². The van der Waals surface area contributed by atoms with Crippen molar-refractivity contribution in [1.29, 1.82) is 0 Å². The number of halogens is 1. The van der Waals surface area contributed by atoms with Crippen LogP contribution in [0.1, 0.15) is 12.5 Å². The number of carbonyl (C=O) groups is 1. The number of carbonyl (C=O) groups excluding carboxylic acids is 1. The molecule has 0 bridgehead atoms. The number of benzene rings is 1. The molecule has 0 radical (unpaired) electrons. The van der Waals surface area contributed by atoms with Crippen LogP contribution < -0.4 is 0 Å². The third-order valence-corrected chi connectivity index (χ3v) is 4.52. The van der Waals surface area contributed by atoms with Crippen LogP contribution in [0, 0.1) is 0 Å². The Labute approximate surface area is 130 Å². The highest BCUT2D eigenvalue weighted by atomic mass is 79.9. The molecule has 1 saturated heterocycles. The number of allylic oxidation sites excluding steroid dienone is 2. The highest BCUT2D eigenvalue weighted by molar-refractivity contribution is 9.10. The molecule has 0 spiro atoms. The Morgan fingerprint density at radius 1 is 1.37 bits per heavy atom. The lowest BCUT2D eigenvalue weighted by molar-refractivity contribution is -0.122. The summed E-state index contributed by atoms with van der Waals surface area (Å²) in [6.07, 6.45) is 5.66. The van der Waals surface area contributed by atoms with E-state index in [4.69, 9.17) is 12.2 Å². The van der Waals surface area contributed by atoms with Crippen molar-refractivity contribution in [2.24, 2.45) is 0 Å². The largest absolute Gasteiger partial charge is 0.293 e. The van der Waals surface area contributed by atoms with Crippen LogP contribution in [0.25, 0.3) is 6.08 Å². The highest BCUT2D eigenvalue weighted by Gasteiger charge is 2.29. The lowest BCUT2D eigenvalue weighted by Crippen LogP contribution is -2.27. The molecule has 1 aromatic rings. The number of hydrogen-bond donors (Lipinski definition) is 0. The Morgan fingerprint density at radius 3 is 2.63 bits per heavy atom. The summed E-state index contributed by atoms with van der Waals surface area (Å²) in [6.45, 7) is 2.55. The van der Waals surface area contributed by atoms with E-state index in [9.17, 15) is 4.79 Å². The zero-order valence-electron chi connectivity index (χ0n) is 10.3. The molecule has 1 aliphatic heterocycles. The molecule has 1 aromatic carbocycles. The number of hydrogen-bond acceptors (Lipinski definition) is 3. The fourth-order valence-electron chi connectivity index (χ4n) is 1.61. The zero-order valence-corrected chi connectivity index (χ0v) is 13.5. The molecular weight excluding hydrogens is 342 g/mol. The van der Waals surface area contributed by atoms with Gasteiger partial charge in [0.1, 0.15) is 4.32 Å². The zero-order chi connectivity index (χ0) is 13.8. The molecule has 0 unspecified atom stereocenters. The van der Waals surface area contributed by atoms with Gasteiger partial charge in [0.15, 0.2) is 0 Å². The summed E-state index contributed by atoms with van der Waals surface area (Å²) in [7, 11) is 0. The summed E-state index contributed by atoms with van der Waals surface area (Å²) in [5.74, 6) is -0.00189. The fraction of sp³-hybridized carbons (Fsp3) is 0.143. The van der Waals surface area contributed by atoms with Crippen molar-refractivity contribution in [1.82, 2.24) is 4.90 Å². The van der Waals surface area contributed by atoms with Gasteiger partial charge in [-0.25, -0.2) is 0 Å². The molecule has 2 rings (SSSR count). The summed E-state index contributed by atoms with van der Waals surface area (Å²) in [5, 5.41) is 0. The van der Waals surface area contributed by atoms with Gasteiger partial charge in [0, 0.05) is 11.0 Å². The van der Waals surface area contributed by atoms with Crippen LogP contribution >= 0.6 is 39.9 Å². The molecule has 1 amide bonds. The average molecular weight is 354 g/mol. The topological polar surface area (TPSA) is 20.3 Å². The van der Waals surface area contributed by atoms with Crippen LogP contribution in [0.2, 0.25) is 0 Å². The summed E-state index contributed by atoms with van der Waals surface area (Å²) in [6, 6.07) is 7.98. The van der Waals surface area contributed by atoms with Gasteiger partial charge >= 0.3 is 0 Å². The monoisotopic (exact) mass is 353 g/mol. The Hall–Kier alpha value is -0.910. The minimum Gasteiger partial charge on any atom is -0.293 e. The van der Waals surface area contributed by atoms with E-state index >= 15 is 0 Å². The number of rotatable bonds is 3. The van der Waals surface area contributed by atoms with Crippen molar-refractivity contribution in [3.63, 3.8) is 0 Å². The summed E-state index contributed by atoms with van der Waals surface area (Å²) >= 11 is 9.90. The maximum Gasteiger partial charge on any atom is 0.266 e. The summed E-state index contributed by atoms with van der Waals surface area (Å²) in [5.41, 5.74) is 1.09. The number of nitrogens with zero attached hydrogens (tertiary/aromatic N) is 1. The van der Waals surface area contributed by atoms with E-state index in [1.165, 1.54) is 11.8 Å². The number of thiocarbonyl (C=S) groups is 1. The van der Waals surface area contributed by atoms with Crippen molar-refractivity contribution in [3.05, 3.63) is 51.4 Å². The van der Waals surface area contributed by atoms with Crippen molar-refractivity contribution < 1.29 is 4.79 Å². The van der Waals surface area contributed by atoms with Crippen LogP contribution in [0.4, 0.5) is 0 Å². The van der Waals surface area contributed by atoms with Gasteiger partial charge in [-0.15, -0.1) is 0 Å². The lowest BCUT2D eigenvalue weighted by atomic mass is 10.2. The van der Waals surface area contributed by atoms with Crippen molar-refractivity contribution in [2.45, 2.75) is 6.92 Å². The van der Waals surface area contributed by atoms with E-state index in [0.29, 0.717) is 15.8 Å². The SMILES string of the molecule is CCN1C(=O)/C(=C/C=C/c2ccc(Br)cc2)SC1=S. The quantitative estimate of drug-likeness (QED) is 0.599. The fourth-order valence-corrected chi connectivity index (χ4v) is 3.21. The van der Waals surface area contributed by atoms with Crippen LogP contribution in [0.15, 0.2) is 45.8 Å². The molecule has 1 heterocycles. The molecule has 0 aromatic heterocycles. The Balaban J connectivity index is 2.09. The Kier molecular flexibility index (Phi) is 4.96. The van der Waals surface area contributed by atoms with Gasteiger partial charge in [-0.2, -0.15) is 0 Å². The van der Waals surface area contributed by atoms with E-state index in [0.717, 1.165) is 10.0 Å². The van der Waals surface area contributed by atoms with Gasteiger partial charge in [0.25, 0.3) is 5.91 Å². The molecular formula is C14H12BrNOS2. The first-order chi connectivity index (χ1) is 9.11. The second kappa shape index (κ2) is 6.50. The minimum atomic E-state index is -0.00189. The van der Waals surface area contributed by atoms with E-state index in [1.54, 1.807) is 4.90 Å². The van der Waals surface area contributed by atoms with E-state index in [1.807, 2.05) is 49.4 Å². The molecule has 0 atom stereocenters. The second-order valence-corrected chi connectivity index (χ2v) is 6.45. The summed E-state index contributed by atoms with van der Waals surface area (Å²) < 4.78 is 1.68. The van der Waals surface area contributed by atoms with Gasteiger partial charge in [-0.1, -0.05) is 64.2 Å².